The van der Waals surface area contributed by atoms with E-state index in [4.69, 9.17) is 4.74 Å². The van der Waals surface area contributed by atoms with Gasteiger partial charge in [0.25, 0.3) is 0 Å². The van der Waals surface area contributed by atoms with Crippen LogP contribution in [-0.2, 0) is 13.1 Å². The van der Waals surface area contributed by atoms with Crippen LogP contribution in [0.2, 0.25) is 0 Å². The van der Waals surface area contributed by atoms with Gasteiger partial charge in [-0.15, -0.1) is 0 Å². The average Bonchev–Trinajstić information content (AvgIpc) is 2.69. The number of fused-ring (bicyclic) bond motifs is 1. The van der Waals surface area contributed by atoms with Crippen molar-refractivity contribution in [1.29, 1.82) is 0 Å². The molecule has 0 bridgehead atoms. The monoisotopic (exact) mass is 247 g/mol. The minimum Gasteiger partial charge on any atom is -0.496 e. The number of hydrogen-bond donors (Lipinski definition) is 0. The summed E-state index contributed by atoms with van der Waals surface area (Å²) < 4.78 is 5.44. The van der Waals surface area contributed by atoms with Gasteiger partial charge >= 0.3 is 0 Å². The maximum absolute atomic E-state index is 5.44. The number of nitrogens with zero attached hydrogens (tertiary/aromatic N) is 1. The van der Waals surface area contributed by atoms with Gasteiger partial charge in [0.05, 0.1) is 7.11 Å². The van der Waals surface area contributed by atoms with Crippen LogP contribution in [0.25, 0.3) is 0 Å². The Morgan fingerprint density at radius 3 is 2.67 bits per heavy atom. The molecule has 0 aliphatic carbocycles. The summed E-state index contributed by atoms with van der Waals surface area (Å²) in [5, 5.41) is 0. The number of methoxy groups -OCH3 is 1. The van der Waals surface area contributed by atoms with Crippen molar-refractivity contribution in [1.82, 2.24) is 4.90 Å². The van der Waals surface area contributed by atoms with Gasteiger partial charge in [0.1, 0.15) is 5.75 Å². The second kappa shape index (κ2) is 5.31. The van der Waals surface area contributed by atoms with Gasteiger partial charge in [-0.3, -0.25) is 4.90 Å². The van der Waals surface area contributed by atoms with Gasteiger partial charge in [0.2, 0.25) is 0 Å². The fourth-order valence-electron chi connectivity index (χ4n) is 2.64. The Bertz CT molecular complexity index is 406. The topological polar surface area (TPSA) is 12.5 Å². The first kappa shape index (κ1) is 13.4. The molecule has 0 N–H and O–H groups in total. The molecule has 1 aromatic carbocycles. The lowest BCUT2D eigenvalue weighted by Crippen LogP contribution is -2.19. The first-order chi connectivity index (χ1) is 8.49. The highest BCUT2D eigenvalue weighted by molar-refractivity contribution is 5.42. The lowest BCUT2D eigenvalue weighted by molar-refractivity contribution is 0.252. The van der Waals surface area contributed by atoms with Gasteiger partial charge < -0.3 is 4.74 Å². The molecule has 0 amide bonds. The van der Waals surface area contributed by atoms with Gasteiger partial charge in [-0.1, -0.05) is 32.9 Å². The van der Waals surface area contributed by atoms with Crippen LogP contribution in [0.5, 0.6) is 5.75 Å². The van der Waals surface area contributed by atoms with Crippen molar-refractivity contribution in [2.24, 2.45) is 5.41 Å². The first-order valence-corrected chi connectivity index (χ1v) is 6.87. The molecule has 1 aliphatic heterocycles. The standard InChI is InChI=1S/C16H25NO/c1-16(2,3)9-6-10-17-11-13-7-5-8-15(18-4)14(13)12-17/h5,7-8H,6,9-12H2,1-4H3. The minimum atomic E-state index is 0.449. The SMILES string of the molecule is COc1cccc2c1CN(CCCC(C)(C)C)C2. The summed E-state index contributed by atoms with van der Waals surface area (Å²) in [6.07, 6.45) is 2.57. The third-order valence-corrected chi connectivity index (χ3v) is 3.63. The molecule has 1 aromatic rings. The summed E-state index contributed by atoms with van der Waals surface area (Å²) in [6, 6.07) is 6.38. The van der Waals surface area contributed by atoms with Crippen molar-refractivity contribution < 1.29 is 4.74 Å². The van der Waals surface area contributed by atoms with Crippen LogP contribution in [0.3, 0.4) is 0 Å². The predicted molar refractivity (Wildman–Crippen MR) is 75.8 cm³/mol. The smallest absolute Gasteiger partial charge is 0.123 e. The van der Waals surface area contributed by atoms with E-state index in [9.17, 15) is 0 Å². The highest BCUT2D eigenvalue weighted by Crippen LogP contribution is 2.31. The molecule has 0 aromatic heterocycles. The van der Waals surface area contributed by atoms with Crippen LogP contribution in [0.15, 0.2) is 18.2 Å². The van der Waals surface area contributed by atoms with Crippen LogP contribution in [0, 0.1) is 5.41 Å². The lowest BCUT2D eigenvalue weighted by Gasteiger charge is -2.20. The molecule has 2 rings (SSSR count). The molecular weight excluding hydrogens is 222 g/mol. The first-order valence-electron chi connectivity index (χ1n) is 6.87. The number of hydrogen-bond acceptors (Lipinski definition) is 2. The van der Waals surface area contributed by atoms with Crippen LogP contribution in [0.4, 0.5) is 0 Å². The summed E-state index contributed by atoms with van der Waals surface area (Å²) in [7, 11) is 1.76. The fourth-order valence-corrected chi connectivity index (χ4v) is 2.64. The molecule has 0 spiro atoms. The van der Waals surface area contributed by atoms with Gasteiger partial charge in [0, 0.05) is 18.7 Å². The van der Waals surface area contributed by atoms with E-state index in [0.717, 1.165) is 18.8 Å². The molecule has 0 unspecified atom stereocenters. The van der Waals surface area contributed by atoms with Gasteiger partial charge in [-0.05, 0) is 36.4 Å². The van der Waals surface area contributed by atoms with Gasteiger partial charge in [0.15, 0.2) is 0 Å². The second-order valence-corrected chi connectivity index (χ2v) is 6.47. The van der Waals surface area contributed by atoms with Crippen molar-refractivity contribution in [3.63, 3.8) is 0 Å². The van der Waals surface area contributed by atoms with E-state index in [-0.39, 0.29) is 0 Å². The third kappa shape index (κ3) is 3.26. The van der Waals surface area contributed by atoms with Gasteiger partial charge in [-0.2, -0.15) is 0 Å². The Balaban J connectivity index is 1.90. The number of ether oxygens (including phenoxy) is 1. The molecule has 18 heavy (non-hydrogen) atoms. The Kier molecular flexibility index (Phi) is 3.96. The molecule has 1 heterocycles. The molecule has 100 valence electrons. The van der Waals surface area contributed by atoms with E-state index in [2.05, 4.69) is 43.9 Å². The molecule has 0 atom stereocenters. The van der Waals surface area contributed by atoms with Gasteiger partial charge in [-0.25, -0.2) is 0 Å². The molecule has 0 saturated heterocycles. The van der Waals surface area contributed by atoms with E-state index < -0.39 is 0 Å². The summed E-state index contributed by atoms with van der Waals surface area (Å²) in [4.78, 5) is 2.53. The Labute approximate surface area is 111 Å². The maximum atomic E-state index is 5.44. The average molecular weight is 247 g/mol. The second-order valence-electron chi connectivity index (χ2n) is 6.47. The highest BCUT2D eigenvalue weighted by Gasteiger charge is 2.22. The summed E-state index contributed by atoms with van der Waals surface area (Å²) in [5.74, 6) is 1.05. The Morgan fingerprint density at radius 1 is 1.22 bits per heavy atom. The largest absolute Gasteiger partial charge is 0.496 e. The van der Waals surface area contributed by atoms with Crippen LogP contribution in [-0.4, -0.2) is 18.6 Å². The van der Waals surface area contributed by atoms with E-state index >= 15 is 0 Å². The molecule has 2 heteroatoms. The zero-order valence-corrected chi connectivity index (χ0v) is 12.1. The van der Waals surface area contributed by atoms with E-state index in [0.29, 0.717) is 5.41 Å². The van der Waals surface area contributed by atoms with Crippen molar-refractivity contribution in [2.45, 2.75) is 46.7 Å². The van der Waals surface area contributed by atoms with Crippen LogP contribution < -0.4 is 4.74 Å². The number of benzene rings is 1. The molecular formula is C16H25NO. The van der Waals surface area contributed by atoms with Crippen molar-refractivity contribution >= 4 is 0 Å². The molecule has 0 saturated carbocycles. The highest BCUT2D eigenvalue weighted by atomic mass is 16.5. The number of rotatable bonds is 4. The Hall–Kier alpha value is -1.02. The maximum Gasteiger partial charge on any atom is 0.123 e. The van der Waals surface area contributed by atoms with Crippen LogP contribution >= 0.6 is 0 Å². The predicted octanol–water partition coefficient (Wildman–Crippen LogP) is 3.84. The van der Waals surface area contributed by atoms with E-state index in [1.165, 1.54) is 30.5 Å². The molecule has 1 aliphatic rings. The Morgan fingerprint density at radius 2 is 2.00 bits per heavy atom. The normalized spacial score (nSPS) is 15.8. The van der Waals surface area contributed by atoms with Crippen molar-refractivity contribution in [3.05, 3.63) is 29.3 Å². The summed E-state index contributed by atoms with van der Waals surface area (Å²) in [5.41, 5.74) is 3.27. The summed E-state index contributed by atoms with van der Waals surface area (Å²) >= 11 is 0. The van der Waals surface area contributed by atoms with E-state index in [1.54, 1.807) is 7.11 Å². The molecule has 0 radical (unpaired) electrons. The van der Waals surface area contributed by atoms with Crippen LogP contribution in [0.1, 0.15) is 44.7 Å². The zero-order chi connectivity index (χ0) is 13.2. The van der Waals surface area contributed by atoms with E-state index in [1.807, 2.05) is 0 Å². The quantitative estimate of drug-likeness (QED) is 0.801. The summed E-state index contributed by atoms with van der Waals surface area (Å²) in [6.45, 7) is 10.3. The zero-order valence-electron chi connectivity index (χ0n) is 12.1. The fraction of sp³-hybridized carbons (Fsp3) is 0.625. The molecule has 2 nitrogen and oxygen atoms in total. The van der Waals surface area contributed by atoms with Crippen molar-refractivity contribution in [2.75, 3.05) is 13.7 Å². The minimum absolute atomic E-state index is 0.449. The lowest BCUT2D eigenvalue weighted by atomic mass is 9.90. The van der Waals surface area contributed by atoms with Crippen molar-refractivity contribution in [3.8, 4) is 5.75 Å². The third-order valence-electron chi connectivity index (χ3n) is 3.63. The molecule has 0 fully saturated rings.